The molecule has 0 rings (SSSR count). The summed E-state index contributed by atoms with van der Waals surface area (Å²) in [6.07, 6.45) is -2.24. The summed E-state index contributed by atoms with van der Waals surface area (Å²) in [6, 6.07) is -5.95. The van der Waals surface area contributed by atoms with Crippen LogP contribution < -0.4 is 21.7 Å². The van der Waals surface area contributed by atoms with Crippen molar-refractivity contribution < 1.29 is 44.4 Å². The number of nitrogens with one attached hydrogen (secondary N) is 3. The van der Waals surface area contributed by atoms with Crippen molar-refractivity contribution in [1.29, 1.82) is 0 Å². The Morgan fingerprint density at radius 2 is 1.40 bits per heavy atom. The number of aliphatic carboxylic acids is 2. The number of nitrogens with two attached hydrogens (primary N) is 1. The summed E-state index contributed by atoms with van der Waals surface area (Å²) in [5.41, 5.74) is 5.32. The standard InChI is InChI=1S/C17H30N4O9/c1-7(2)4-11(17(29)30)20-16(28)13(8(3)23)21-15(27)10(5-12(24)25)19-14(26)9(18)6-22/h7-11,13,22-23H,4-6,18H2,1-3H3,(H,19,26)(H,20,28)(H,21,27)(H,24,25)(H,29,30)/t8-,9+,10+,11+,13+/m1/s1. The molecule has 0 aromatic heterocycles. The van der Waals surface area contributed by atoms with Gasteiger partial charge in [0.15, 0.2) is 0 Å². The third kappa shape index (κ3) is 9.62. The molecule has 172 valence electrons. The largest absolute Gasteiger partial charge is 0.481 e. The van der Waals surface area contributed by atoms with E-state index in [-0.39, 0.29) is 12.3 Å². The van der Waals surface area contributed by atoms with Gasteiger partial charge in [-0.1, -0.05) is 13.8 Å². The molecule has 0 bridgehead atoms. The second-order valence-corrected chi connectivity index (χ2v) is 7.20. The van der Waals surface area contributed by atoms with E-state index >= 15 is 0 Å². The minimum absolute atomic E-state index is 0.0723. The van der Waals surface area contributed by atoms with E-state index in [0.29, 0.717) is 0 Å². The van der Waals surface area contributed by atoms with Crippen molar-refractivity contribution in [1.82, 2.24) is 16.0 Å². The van der Waals surface area contributed by atoms with Crippen LogP contribution in [0.3, 0.4) is 0 Å². The number of carboxylic acid groups (broad SMARTS) is 2. The van der Waals surface area contributed by atoms with Gasteiger partial charge in [0.1, 0.15) is 24.2 Å². The zero-order valence-electron chi connectivity index (χ0n) is 17.0. The van der Waals surface area contributed by atoms with E-state index in [1.54, 1.807) is 13.8 Å². The number of hydrogen-bond donors (Lipinski definition) is 8. The van der Waals surface area contributed by atoms with E-state index in [4.69, 9.17) is 15.9 Å². The second kappa shape index (κ2) is 12.7. The third-order valence-electron chi connectivity index (χ3n) is 3.93. The summed E-state index contributed by atoms with van der Waals surface area (Å²) in [4.78, 5) is 59.0. The molecule has 0 unspecified atom stereocenters. The Morgan fingerprint density at radius 3 is 1.80 bits per heavy atom. The Bertz CT molecular complexity index is 639. The highest BCUT2D eigenvalue weighted by molar-refractivity contribution is 5.95. The van der Waals surface area contributed by atoms with Gasteiger partial charge in [0, 0.05) is 0 Å². The highest BCUT2D eigenvalue weighted by Gasteiger charge is 2.33. The van der Waals surface area contributed by atoms with Crippen LogP contribution in [-0.2, 0) is 24.0 Å². The van der Waals surface area contributed by atoms with Crippen molar-refractivity contribution in [2.24, 2.45) is 11.7 Å². The molecule has 0 radical (unpaired) electrons. The van der Waals surface area contributed by atoms with Gasteiger partial charge in [-0.25, -0.2) is 4.79 Å². The summed E-state index contributed by atoms with van der Waals surface area (Å²) in [5.74, 6) is -5.95. The van der Waals surface area contributed by atoms with Gasteiger partial charge in [0.25, 0.3) is 0 Å². The maximum absolute atomic E-state index is 12.4. The fourth-order valence-corrected chi connectivity index (χ4v) is 2.36. The molecule has 9 N–H and O–H groups in total. The highest BCUT2D eigenvalue weighted by Crippen LogP contribution is 2.06. The van der Waals surface area contributed by atoms with Crippen molar-refractivity contribution >= 4 is 29.7 Å². The first kappa shape index (κ1) is 27.2. The average molecular weight is 434 g/mol. The zero-order chi connectivity index (χ0) is 23.6. The molecule has 3 amide bonds. The maximum Gasteiger partial charge on any atom is 0.326 e. The van der Waals surface area contributed by atoms with E-state index in [1.165, 1.54) is 0 Å². The van der Waals surface area contributed by atoms with Crippen LogP contribution in [0.25, 0.3) is 0 Å². The average Bonchev–Trinajstić information content (AvgIpc) is 2.62. The first-order chi connectivity index (χ1) is 13.8. The van der Waals surface area contributed by atoms with E-state index < -0.39 is 73.0 Å². The number of carbonyl (C=O) groups is 5. The molecule has 0 aromatic rings. The van der Waals surface area contributed by atoms with Crippen LogP contribution in [0.2, 0.25) is 0 Å². The highest BCUT2D eigenvalue weighted by atomic mass is 16.4. The van der Waals surface area contributed by atoms with Gasteiger partial charge in [-0.15, -0.1) is 0 Å². The number of aliphatic hydroxyl groups excluding tert-OH is 2. The van der Waals surface area contributed by atoms with Crippen molar-refractivity contribution in [3.8, 4) is 0 Å². The second-order valence-electron chi connectivity index (χ2n) is 7.20. The summed E-state index contributed by atoms with van der Waals surface area (Å²) < 4.78 is 0. The third-order valence-corrected chi connectivity index (χ3v) is 3.93. The molecule has 30 heavy (non-hydrogen) atoms. The minimum Gasteiger partial charge on any atom is -0.481 e. The van der Waals surface area contributed by atoms with Crippen LogP contribution in [0.15, 0.2) is 0 Å². The Morgan fingerprint density at radius 1 is 0.867 bits per heavy atom. The predicted molar refractivity (Wildman–Crippen MR) is 102 cm³/mol. The van der Waals surface area contributed by atoms with Gasteiger partial charge in [0.2, 0.25) is 17.7 Å². The smallest absolute Gasteiger partial charge is 0.326 e. The quantitative estimate of drug-likeness (QED) is 0.144. The fourth-order valence-electron chi connectivity index (χ4n) is 2.36. The van der Waals surface area contributed by atoms with Crippen LogP contribution in [0.4, 0.5) is 0 Å². The lowest BCUT2D eigenvalue weighted by Gasteiger charge is -2.26. The molecule has 0 saturated carbocycles. The van der Waals surface area contributed by atoms with Gasteiger partial charge in [-0.05, 0) is 19.3 Å². The SMILES string of the molecule is CC(C)C[C@H](NC(=O)[C@@H](NC(=O)[C@H](CC(=O)O)NC(=O)[C@@H](N)CO)[C@@H](C)O)C(=O)O. The van der Waals surface area contributed by atoms with Gasteiger partial charge in [0.05, 0.1) is 19.1 Å². The molecule has 0 aromatic carbocycles. The van der Waals surface area contributed by atoms with Crippen LogP contribution in [-0.4, -0.2) is 87.0 Å². The van der Waals surface area contributed by atoms with Crippen LogP contribution in [0, 0.1) is 5.92 Å². The van der Waals surface area contributed by atoms with Gasteiger partial charge in [-0.3, -0.25) is 19.2 Å². The molecular formula is C17H30N4O9. The number of amides is 3. The van der Waals surface area contributed by atoms with Gasteiger partial charge < -0.3 is 42.1 Å². The number of rotatable bonds is 13. The van der Waals surface area contributed by atoms with Crippen LogP contribution in [0.5, 0.6) is 0 Å². The Hall–Kier alpha value is -2.77. The molecule has 0 heterocycles. The lowest BCUT2D eigenvalue weighted by Crippen LogP contribution is -2.60. The molecule has 0 aliphatic heterocycles. The molecular weight excluding hydrogens is 404 g/mol. The van der Waals surface area contributed by atoms with E-state index in [1.807, 2.05) is 5.32 Å². The molecule has 13 heteroatoms. The summed E-state index contributed by atoms with van der Waals surface area (Å²) in [5, 5.41) is 43.3. The normalized spacial score (nSPS) is 16.0. The first-order valence-electron chi connectivity index (χ1n) is 9.20. The molecule has 0 spiro atoms. The van der Waals surface area contributed by atoms with Crippen LogP contribution >= 0.6 is 0 Å². The molecule has 0 aliphatic carbocycles. The van der Waals surface area contributed by atoms with Gasteiger partial charge in [-0.2, -0.15) is 0 Å². The first-order valence-corrected chi connectivity index (χ1v) is 9.20. The molecule has 0 saturated heterocycles. The van der Waals surface area contributed by atoms with Crippen molar-refractivity contribution in [2.45, 2.75) is 63.9 Å². The predicted octanol–water partition coefficient (Wildman–Crippen LogP) is -3.25. The number of carbonyl (C=O) groups excluding carboxylic acids is 3. The topological polar surface area (TPSA) is 228 Å². The zero-order valence-corrected chi connectivity index (χ0v) is 17.0. The van der Waals surface area contributed by atoms with Crippen LogP contribution in [0.1, 0.15) is 33.6 Å². The monoisotopic (exact) mass is 434 g/mol. The van der Waals surface area contributed by atoms with Crippen molar-refractivity contribution in [2.75, 3.05) is 6.61 Å². The fraction of sp³-hybridized carbons (Fsp3) is 0.706. The van der Waals surface area contributed by atoms with Gasteiger partial charge >= 0.3 is 11.9 Å². The Kier molecular flexibility index (Phi) is 11.5. The summed E-state index contributed by atoms with van der Waals surface area (Å²) >= 11 is 0. The molecule has 5 atom stereocenters. The molecule has 13 nitrogen and oxygen atoms in total. The molecule has 0 fully saturated rings. The number of hydrogen-bond acceptors (Lipinski definition) is 8. The van der Waals surface area contributed by atoms with E-state index in [2.05, 4.69) is 10.6 Å². The van der Waals surface area contributed by atoms with Crippen molar-refractivity contribution in [3.05, 3.63) is 0 Å². The minimum atomic E-state index is -1.66. The van der Waals surface area contributed by atoms with E-state index in [0.717, 1.165) is 6.92 Å². The number of carboxylic acids is 2. The Balaban J connectivity index is 5.40. The van der Waals surface area contributed by atoms with E-state index in [9.17, 15) is 34.2 Å². The maximum atomic E-state index is 12.4. The lowest BCUT2D eigenvalue weighted by molar-refractivity contribution is -0.144. The summed E-state index contributed by atoms with van der Waals surface area (Å²) in [7, 11) is 0. The number of aliphatic hydroxyl groups is 2. The Labute approximate surface area is 173 Å². The lowest BCUT2D eigenvalue weighted by atomic mass is 10.0. The summed E-state index contributed by atoms with van der Waals surface area (Å²) in [6.45, 7) is 3.90. The van der Waals surface area contributed by atoms with Crippen molar-refractivity contribution in [3.63, 3.8) is 0 Å². The molecule has 0 aliphatic rings.